The largest absolute Gasteiger partial charge is 0.444 e. The number of nitrogens with one attached hydrogen (secondary N) is 1. The Hall–Kier alpha value is -3.34. The summed E-state index contributed by atoms with van der Waals surface area (Å²) in [5, 5.41) is 2.37. The van der Waals surface area contributed by atoms with E-state index in [0.717, 1.165) is 56.8 Å². The summed E-state index contributed by atoms with van der Waals surface area (Å²) < 4.78 is 8.67. The summed E-state index contributed by atoms with van der Waals surface area (Å²) >= 11 is 0. The Kier molecular flexibility index (Phi) is 7.21. The first-order valence-corrected chi connectivity index (χ1v) is 13.9. The summed E-state index contributed by atoms with van der Waals surface area (Å²) in [6.07, 6.45) is 2.25. The average Bonchev–Trinajstić information content (AvgIpc) is 3.08. The minimum absolute atomic E-state index is 0.221. The maximum absolute atomic E-state index is 13.2. The van der Waals surface area contributed by atoms with E-state index in [9.17, 15) is 19.2 Å². The van der Waals surface area contributed by atoms with Crippen molar-refractivity contribution in [2.75, 3.05) is 44.7 Å². The van der Waals surface area contributed by atoms with Crippen LogP contribution in [0.5, 0.6) is 0 Å². The van der Waals surface area contributed by atoms with E-state index in [4.69, 9.17) is 4.74 Å². The van der Waals surface area contributed by atoms with Crippen molar-refractivity contribution in [1.82, 2.24) is 24.3 Å². The molecule has 39 heavy (non-hydrogen) atoms. The van der Waals surface area contributed by atoms with Crippen LogP contribution in [0.15, 0.2) is 23.0 Å². The van der Waals surface area contributed by atoms with Gasteiger partial charge in [0.2, 0.25) is 11.8 Å². The first-order chi connectivity index (χ1) is 18.4. The van der Waals surface area contributed by atoms with E-state index in [1.165, 1.54) is 4.57 Å². The van der Waals surface area contributed by atoms with Gasteiger partial charge >= 0.3 is 11.8 Å². The number of hydrogen-bond donors (Lipinski definition) is 1. The second-order valence-electron chi connectivity index (χ2n) is 12.2. The smallest absolute Gasteiger partial charge is 0.410 e. The van der Waals surface area contributed by atoms with Gasteiger partial charge in [-0.15, -0.1) is 0 Å². The van der Waals surface area contributed by atoms with Crippen molar-refractivity contribution in [2.24, 2.45) is 13.0 Å². The number of likely N-dealkylation sites (N-methyl/N-ethyl adjacent to an activating group) is 1. The van der Waals surface area contributed by atoms with Crippen LogP contribution in [0.3, 0.4) is 0 Å². The number of fused-ring (bicyclic) bond motifs is 1. The second kappa shape index (κ2) is 10.3. The predicted octanol–water partition coefficient (Wildman–Crippen LogP) is 2.09. The molecule has 3 fully saturated rings. The fraction of sp³-hybridized carbons (Fsp3) is 0.643. The molecule has 3 amide bonds. The number of carbonyl (C=O) groups is 3. The highest BCUT2D eigenvalue weighted by molar-refractivity contribution is 6.00. The summed E-state index contributed by atoms with van der Waals surface area (Å²) in [6.45, 7) is 9.81. The molecular weight excluding hydrogens is 500 g/mol. The van der Waals surface area contributed by atoms with Crippen LogP contribution in [0.2, 0.25) is 0 Å². The van der Waals surface area contributed by atoms with E-state index in [1.807, 2.05) is 43.9 Å². The molecule has 0 saturated carbocycles. The van der Waals surface area contributed by atoms with Crippen LogP contribution in [-0.4, -0.2) is 88.3 Å². The van der Waals surface area contributed by atoms with Crippen molar-refractivity contribution >= 4 is 34.6 Å². The standard InChI is InChI=1S/C28H40N6O5/c1-28(2,3)39-27(38)32-13-11-18(12-14-32)15-30(4)19-16-33(17-19)20-7-6-8-21-24(20)31(5)26(37)34(21)22-9-10-23(35)29-25(22)36/h6-8,18-19,22H,9-17H2,1-5H3,(H,29,35,36). The highest BCUT2D eigenvalue weighted by Crippen LogP contribution is 2.33. The third kappa shape index (κ3) is 5.41. The molecule has 1 aromatic carbocycles. The van der Waals surface area contributed by atoms with Gasteiger partial charge in [0.25, 0.3) is 0 Å². The molecule has 3 aliphatic rings. The van der Waals surface area contributed by atoms with Gasteiger partial charge in [-0.3, -0.25) is 28.9 Å². The summed E-state index contributed by atoms with van der Waals surface area (Å²) in [4.78, 5) is 56.3. The van der Waals surface area contributed by atoms with Crippen LogP contribution in [-0.2, 0) is 21.4 Å². The van der Waals surface area contributed by atoms with Crippen molar-refractivity contribution in [3.8, 4) is 0 Å². The summed E-state index contributed by atoms with van der Waals surface area (Å²) in [5.74, 6) is -0.182. The maximum Gasteiger partial charge on any atom is 0.410 e. The Morgan fingerprint density at radius 2 is 1.79 bits per heavy atom. The van der Waals surface area contributed by atoms with Gasteiger partial charge in [0.15, 0.2) is 0 Å². The molecule has 212 valence electrons. The monoisotopic (exact) mass is 540 g/mol. The van der Waals surface area contributed by atoms with Crippen LogP contribution >= 0.6 is 0 Å². The average molecular weight is 541 g/mol. The lowest BCUT2D eigenvalue weighted by atomic mass is 9.95. The molecule has 1 atom stereocenters. The zero-order valence-electron chi connectivity index (χ0n) is 23.6. The molecule has 1 unspecified atom stereocenters. The van der Waals surface area contributed by atoms with Crippen molar-refractivity contribution in [3.63, 3.8) is 0 Å². The molecular formula is C28H40N6O5. The van der Waals surface area contributed by atoms with Crippen LogP contribution < -0.4 is 15.9 Å². The predicted molar refractivity (Wildman–Crippen MR) is 148 cm³/mol. The topological polar surface area (TPSA) is 109 Å². The molecule has 11 heteroatoms. The molecule has 11 nitrogen and oxygen atoms in total. The quantitative estimate of drug-likeness (QED) is 0.579. The Morgan fingerprint density at radius 3 is 2.44 bits per heavy atom. The fourth-order valence-electron chi connectivity index (χ4n) is 6.01. The second-order valence-corrected chi connectivity index (χ2v) is 12.2. The van der Waals surface area contributed by atoms with E-state index in [2.05, 4.69) is 22.2 Å². The molecule has 5 rings (SSSR count). The van der Waals surface area contributed by atoms with Crippen molar-refractivity contribution < 1.29 is 19.1 Å². The number of benzene rings is 1. The van der Waals surface area contributed by atoms with Gasteiger partial charge in [0, 0.05) is 52.2 Å². The first-order valence-electron chi connectivity index (χ1n) is 13.9. The van der Waals surface area contributed by atoms with Crippen LogP contribution in [0.25, 0.3) is 11.0 Å². The molecule has 1 N–H and O–H groups in total. The fourth-order valence-corrected chi connectivity index (χ4v) is 6.01. The highest BCUT2D eigenvalue weighted by Gasteiger charge is 2.36. The van der Waals surface area contributed by atoms with E-state index in [-0.39, 0.29) is 24.1 Å². The molecule has 0 bridgehead atoms. The summed E-state index contributed by atoms with van der Waals surface area (Å²) in [6, 6.07) is 5.54. The van der Waals surface area contributed by atoms with Crippen molar-refractivity contribution in [2.45, 2.75) is 64.1 Å². The van der Waals surface area contributed by atoms with E-state index in [1.54, 1.807) is 11.6 Å². The molecule has 0 radical (unpaired) electrons. The van der Waals surface area contributed by atoms with Crippen LogP contribution in [0.1, 0.15) is 52.5 Å². The number of carbonyl (C=O) groups excluding carboxylic acids is 3. The van der Waals surface area contributed by atoms with E-state index in [0.29, 0.717) is 23.9 Å². The number of ether oxygens (including phenoxy) is 1. The van der Waals surface area contributed by atoms with Gasteiger partial charge < -0.3 is 14.5 Å². The number of anilines is 1. The van der Waals surface area contributed by atoms with Gasteiger partial charge in [0.05, 0.1) is 16.7 Å². The number of nitrogens with zero attached hydrogens (tertiary/aromatic N) is 5. The number of rotatable bonds is 5. The Labute approximate surface area is 228 Å². The van der Waals surface area contributed by atoms with Gasteiger partial charge in [-0.1, -0.05) is 6.07 Å². The lowest BCUT2D eigenvalue weighted by molar-refractivity contribution is -0.135. The number of aromatic nitrogens is 2. The number of aryl methyl sites for hydroxylation is 1. The number of imidazole rings is 1. The van der Waals surface area contributed by atoms with Crippen LogP contribution in [0.4, 0.5) is 10.5 Å². The normalized spacial score (nSPS) is 21.4. The zero-order chi connectivity index (χ0) is 28.1. The molecule has 1 aromatic heterocycles. The third-order valence-electron chi connectivity index (χ3n) is 8.24. The summed E-state index contributed by atoms with van der Waals surface area (Å²) in [5.41, 5.74) is 1.77. The Balaban J connectivity index is 1.21. The van der Waals surface area contributed by atoms with Crippen LogP contribution in [0, 0.1) is 5.92 Å². The summed E-state index contributed by atoms with van der Waals surface area (Å²) in [7, 11) is 3.90. The number of hydrogen-bond acceptors (Lipinski definition) is 7. The molecule has 0 aliphatic carbocycles. The minimum atomic E-state index is -0.689. The van der Waals surface area contributed by atoms with Crippen molar-refractivity contribution in [1.29, 1.82) is 0 Å². The Morgan fingerprint density at radius 1 is 1.10 bits per heavy atom. The van der Waals surface area contributed by atoms with E-state index < -0.39 is 17.6 Å². The van der Waals surface area contributed by atoms with Gasteiger partial charge in [0.1, 0.15) is 11.6 Å². The Bertz CT molecular complexity index is 1330. The van der Waals surface area contributed by atoms with Gasteiger partial charge in [-0.2, -0.15) is 0 Å². The molecule has 2 aromatic rings. The lowest BCUT2D eigenvalue weighted by Gasteiger charge is -2.47. The maximum atomic E-state index is 13.2. The highest BCUT2D eigenvalue weighted by atomic mass is 16.6. The van der Waals surface area contributed by atoms with Gasteiger partial charge in [-0.25, -0.2) is 9.59 Å². The van der Waals surface area contributed by atoms with Crippen molar-refractivity contribution in [3.05, 3.63) is 28.7 Å². The molecule has 4 heterocycles. The number of piperidine rings is 2. The van der Waals surface area contributed by atoms with E-state index >= 15 is 0 Å². The first kappa shape index (κ1) is 27.2. The lowest BCUT2D eigenvalue weighted by Crippen LogP contribution is -2.59. The minimum Gasteiger partial charge on any atom is -0.444 e. The SMILES string of the molecule is CN(CC1CCN(C(=O)OC(C)(C)C)CC1)C1CN(c2cccc3c2n(C)c(=O)n3C2CCC(=O)NC2=O)C1. The number of para-hydroxylation sites is 1. The number of likely N-dealkylation sites (tertiary alicyclic amines) is 1. The molecule has 0 spiro atoms. The third-order valence-corrected chi connectivity index (χ3v) is 8.24. The van der Waals surface area contributed by atoms with Gasteiger partial charge in [-0.05, 0) is 65.1 Å². The zero-order valence-corrected chi connectivity index (χ0v) is 23.6. The molecule has 3 saturated heterocycles. The molecule has 3 aliphatic heterocycles. The number of amides is 3. The number of imide groups is 1.